The highest BCUT2D eigenvalue weighted by Gasteiger charge is 2.09. The van der Waals surface area contributed by atoms with Gasteiger partial charge in [0.2, 0.25) is 0 Å². The number of benzene rings is 1. The molecule has 0 unspecified atom stereocenters. The smallest absolute Gasteiger partial charge is 0.185 e. The first-order valence-corrected chi connectivity index (χ1v) is 8.23. The fourth-order valence-electron chi connectivity index (χ4n) is 2.43. The van der Waals surface area contributed by atoms with E-state index in [2.05, 4.69) is 4.98 Å². The van der Waals surface area contributed by atoms with Crippen molar-refractivity contribution in [3.8, 4) is 33.2 Å². The lowest BCUT2D eigenvalue weighted by Gasteiger charge is -2.01. The second-order valence-corrected chi connectivity index (χ2v) is 6.04. The summed E-state index contributed by atoms with van der Waals surface area (Å²) in [5.74, 6) is 0.992. The topological polar surface area (TPSA) is 56.0 Å². The van der Waals surface area contributed by atoms with Gasteiger partial charge in [0.15, 0.2) is 12.0 Å². The molecule has 116 valence electrons. The van der Waals surface area contributed by atoms with Crippen molar-refractivity contribution in [3.63, 3.8) is 0 Å². The van der Waals surface area contributed by atoms with Crippen molar-refractivity contribution < 1.29 is 9.21 Å². The first-order chi connectivity index (χ1) is 11.8. The molecule has 0 spiro atoms. The summed E-state index contributed by atoms with van der Waals surface area (Å²) in [4.78, 5) is 19.6. The predicted octanol–water partition coefficient (Wildman–Crippen LogP) is 4.94. The van der Waals surface area contributed by atoms with Crippen LogP contribution in [0, 0.1) is 0 Å². The maximum Gasteiger partial charge on any atom is 0.185 e. The number of aromatic nitrogens is 2. The van der Waals surface area contributed by atoms with E-state index in [1.54, 1.807) is 35.9 Å². The zero-order chi connectivity index (χ0) is 16.4. The molecule has 0 aliphatic heterocycles. The number of thiazole rings is 1. The molecule has 0 N–H and O–H groups in total. The maximum atomic E-state index is 10.8. The van der Waals surface area contributed by atoms with Gasteiger partial charge in [0, 0.05) is 34.5 Å². The Balaban J connectivity index is 1.69. The Kier molecular flexibility index (Phi) is 3.76. The van der Waals surface area contributed by atoms with Crippen LogP contribution in [0.1, 0.15) is 10.6 Å². The molecule has 3 heterocycles. The third kappa shape index (κ3) is 2.77. The van der Waals surface area contributed by atoms with Crippen LogP contribution < -0.4 is 0 Å². The van der Waals surface area contributed by atoms with Crippen LogP contribution in [-0.4, -0.2) is 16.3 Å². The zero-order valence-electron chi connectivity index (χ0n) is 12.5. The lowest BCUT2D eigenvalue weighted by molar-refractivity contribution is 0.110. The van der Waals surface area contributed by atoms with Gasteiger partial charge in [-0.25, -0.2) is 4.98 Å². The summed E-state index contributed by atoms with van der Waals surface area (Å²) < 4.78 is 5.49. The molecule has 0 atom stereocenters. The lowest BCUT2D eigenvalue weighted by Crippen LogP contribution is -1.81. The molecule has 1 aromatic carbocycles. The summed E-state index contributed by atoms with van der Waals surface area (Å²) in [6.07, 6.45) is 4.25. The Morgan fingerprint density at radius 1 is 1.00 bits per heavy atom. The van der Waals surface area contributed by atoms with Crippen molar-refractivity contribution in [2.45, 2.75) is 0 Å². The van der Waals surface area contributed by atoms with E-state index in [-0.39, 0.29) is 0 Å². The Morgan fingerprint density at radius 2 is 1.88 bits per heavy atom. The van der Waals surface area contributed by atoms with E-state index in [0.29, 0.717) is 17.8 Å². The Morgan fingerprint density at radius 3 is 2.67 bits per heavy atom. The van der Waals surface area contributed by atoms with Crippen molar-refractivity contribution in [3.05, 3.63) is 72.1 Å². The second-order valence-electron chi connectivity index (χ2n) is 5.18. The molecule has 0 amide bonds. The third-order valence-electron chi connectivity index (χ3n) is 3.60. The lowest BCUT2D eigenvalue weighted by atomic mass is 10.1. The van der Waals surface area contributed by atoms with Crippen molar-refractivity contribution in [1.29, 1.82) is 0 Å². The Bertz CT molecular complexity index is 989. The van der Waals surface area contributed by atoms with Crippen LogP contribution >= 0.6 is 11.3 Å². The SMILES string of the molecule is O=Cc1ccc(-c2cccc(-c3nc(-c4cccnc4)cs3)c2)o1. The van der Waals surface area contributed by atoms with Gasteiger partial charge in [-0.05, 0) is 30.3 Å². The summed E-state index contributed by atoms with van der Waals surface area (Å²) in [6.45, 7) is 0. The molecule has 24 heavy (non-hydrogen) atoms. The Hall–Kier alpha value is -3.05. The van der Waals surface area contributed by atoms with Crippen LogP contribution in [0.5, 0.6) is 0 Å². The van der Waals surface area contributed by atoms with Gasteiger partial charge >= 0.3 is 0 Å². The normalized spacial score (nSPS) is 10.7. The van der Waals surface area contributed by atoms with Crippen LogP contribution in [0.3, 0.4) is 0 Å². The summed E-state index contributed by atoms with van der Waals surface area (Å²) >= 11 is 1.59. The van der Waals surface area contributed by atoms with Crippen LogP contribution in [0.2, 0.25) is 0 Å². The summed E-state index contributed by atoms with van der Waals surface area (Å²) in [5.41, 5.74) is 3.84. The molecule has 0 saturated heterocycles. The molecular weight excluding hydrogens is 320 g/mol. The largest absolute Gasteiger partial charge is 0.453 e. The number of pyridine rings is 1. The molecule has 4 rings (SSSR count). The number of rotatable bonds is 4. The van der Waals surface area contributed by atoms with Crippen LogP contribution in [0.25, 0.3) is 33.2 Å². The molecule has 0 radical (unpaired) electrons. The van der Waals surface area contributed by atoms with Crippen molar-refractivity contribution in [2.24, 2.45) is 0 Å². The minimum atomic E-state index is 0.323. The molecule has 5 heteroatoms. The molecule has 0 bridgehead atoms. The molecule has 4 nitrogen and oxygen atoms in total. The van der Waals surface area contributed by atoms with E-state index in [1.807, 2.05) is 41.8 Å². The number of nitrogens with zero attached hydrogens (tertiary/aromatic N) is 2. The summed E-state index contributed by atoms with van der Waals surface area (Å²) in [5, 5.41) is 2.95. The van der Waals surface area contributed by atoms with Crippen molar-refractivity contribution in [1.82, 2.24) is 9.97 Å². The minimum absolute atomic E-state index is 0.323. The number of furan rings is 1. The quantitative estimate of drug-likeness (QED) is 0.496. The van der Waals surface area contributed by atoms with Gasteiger partial charge in [-0.1, -0.05) is 18.2 Å². The number of carbonyl (C=O) groups excluding carboxylic acids is 1. The van der Waals surface area contributed by atoms with Crippen LogP contribution in [0.15, 0.2) is 70.7 Å². The minimum Gasteiger partial charge on any atom is -0.453 e. The molecule has 4 aromatic rings. The van der Waals surface area contributed by atoms with E-state index in [0.717, 1.165) is 27.4 Å². The van der Waals surface area contributed by atoms with Crippen LogP contribution in [-0.2, 0) is 0 Å². The van der Waals surface area contributed by atoms with Gasteiger partial charge in [-0.15, -0.1) is 11.3 Å². The molecule has 0 aliphatic carbocycles. The first kappa shape index (κ1) is 14.5. The average Bonchev–Trinajstić information content (AvgIpc) is 3.32. The van der Waals surface area contributed by atoms with Gasteiger partial charge < -0.3 is 4.42 Å². The van der Waals surface area contributed by atoms with Crippen LogP contribution in [0.4, 0.5) is 0 Å². The van der Waals surface area contributed by atoms with Gasteiger partial charge in [0.25, 0.3) is 0 Å². The van der Waals surface area contributed by atoms with E-state index in [1.165, 1.54) is 0 Å². The fourth-order valence-corrected chi connectivity index (χ4v) is 3.26. The van der Waals surface area contributed by atoms with Crippen molar-refractivity contribution in [2.75, 3.05) is 0 Å². The fraction of sp³-hybridized carbons (Fsp3) is 0. The van der Waals surface area contributed by atoms with Gasteiger partial charge in [0.05, 0.1) is 5.69 Å². The molecule has 3 aromatic heterocycles. The standard InChI is InChI=1S/C19H12N2O2S/c22-11-16-6-7-18(23-16)13-3-1-4-14(9-13)19-21-17(12-24-19)15-5-2-8-20-10-15/h1-12H. The van der Waals surface area contributed by atoms with E-state index < -0.39 is 0 Å². The zero-order valence-corrected chi connectivity index (χ0v) is 13.4. The summed E-state index contributed by atoms with van der Waals surface area (Å²) in [7, 11) is 0. The highest BCUT2D eigenvalue weighted by molar-refractivity contribution is 7.13. The third-order valence-corrected chi connectivity index (χ3v) is 4.49. The van der Waals surface area contributed by atoms with Gasteiger partial charge in [-0.2, -0.15) is 0 Å². The molecular formula is C19H12N2O2S. The van der Waals surface area contributed by atoms with Crippen molar-refractivity contribution >= 4 is 17.6 Å². The highest BCUT2D eigenvalue weighted by atomic mass is 32.1. The number of hydrogen-bond donors (Lipinski definition) is 0. The molecule has 0 saturated carbocycles. The highest BCUT2D eigenvalue weighted by Crippen LogP contribution is 2.31. The average molecular weight is 332 g/mol. The number of carbonyl (C=O) groups is 1. The second kappa shape index (κ2) is 6.22. The Labute approximate surface area is 142 Å². The first-order valence-electron chi connectivity index (χ1n) is 7.35. The molecule has 0 aliphatic rings. The number of hydrogen-bond acceptors (Lipinski definition) is 5. The van der Waals surface area contributed by atoms with E-state index >= 15 is 0 Å². The molecule has 0 fully saturated rings. The monoisotopic (exact) mass is 332 g/mol. The van der Waals surface area contributed by atoms with E-state index in [9.17, 15) is 4.79 Å². The summed E-state index contributed by atoms with van der Waals surface area (Å²) in [6, 6.07) is 15.3. The predicted molar refractivity (Wildman–Crippen MR) is 93.9 cm³/mol. The number of aldehydes is 1. The van der Waals surface area contributed by atoms with E-state index in [4.69, 9.17) is 9.40 Å². The van der Waals surface area contributed by atoms with Gasteiger partial charge in [-0.3, -0.25) is 9.78 Å². The van der Waals surface area contributed by atoms with Gasteiger partial charge in [0.1, 0.15) is 10.8 Å². The maximum absolute atomic E-state index is 10.8.